The second-order valence-corrected chi connectivity index (χ2v) is 11.2. The molecule has 0 amide bonds. The molecule has 0 aliphatic carbocycles. The molecule has 0 N–H and O–H groups in total. The maximum Gasteiger partial charge on any atom is 0.0541 e. The first kappa shape index (κ1) is 24.6. The molecule has 44 heavy (non-hydrogen) atoms. The van der Waals surface area contributed by atoms with Crippen LogP contribution in [0.25, 0.3) is 77.2 Å². The summed E-state index contributed by atoms with van der Waals surface area (Å²) in [6.45, 7) is 0. The van der Waals surface area contributed by atoms with Crippen molar-refractivity contribution in [1.29, 1.82) is 0 Å². The number of hydrogen-bond donors (Lipinski definition) is 0. The number of rotatable bonds is 4. The van der Waals surface area contributed by atoms with Crippen molar-refractivity contribution in [2.24, 2.45) is 0 Å². The summed E-state index contributed by atoms with van der Waals surface area (Å²) in [5, 5.41) is 4.95. The zero-order chi connectivity index (χ0) is 29.0. The van der Waals surface area contributed by atoms with Crippen molar-refractivity contribution in [2.75, 3.05) is 0 Å². The Labute approximate surface area is 254 Å². The second kappa shape index (κ2) is 9.79. The number of nitrogens with zero attached hydrogens (tertiary/aromatic N) is 4. The minimum Gasteiger partial charge on any atom is -0.309 e. The average molecular weight is 563 g/mol. The molecule has 0 bridgehead atoms. The molecular formula is C40H26N4. The summed E-state index contributed by atoms with van der Waals surface area (Å²) < 4.78 is 4.78. The van der Waals surface area contributed by atoms with Crippen LogP contribution in [0.2, 0.25) is 0 Å². The van der Waals surface area contributed by atoms with Crippen molar-refractivity contribution in [3.63, 3.8) is 0 Å². The van der Waals surface area contributed by atoms with Crippen molar-refractivity contribution in [3.05, 3.63) is 158 Å². The van der Waals surface area contributed by atoms with Gasteiger partial charge in [0.1, 0.15) is 0 Å². The van der Waals surface area contributed by atoms with E-state index in [0.29, 0.717) is 0 Å². The van der Waals surface area contributed by atoms with Crippen LogP contribution in [-0.4, -0.2) is 19.1 Å². The minimum atomic E-state index is 1.13. The highest BCUT2D eigenvalue weighted by Gasteiger charge is 2.16. The fraction of sp³-hybridized carbons (Fsp3) is 0. The largest absolute Gasteiger partial charge is 0.309 e. The fourth-order valence-corrected chi connectivity index (χ4v) is 6.72. The van der Waals surface area contributed by atoms with Crippen LogP contribution in [0.3, 0.4) is 0 Å². The number of fused-ring (bicyclic) bond motifs is 6. The summed E-state index contributed by atoms with van der Waals surface area (Å²) in [4.78, 5) is 8.41. The molecule has 4 heteroatoms. The third kappa shape index (κ3) is 3.78. The van der Waals surface area contributed by atoms with Gasteiger partial charge in [-0.2, -0.15) is 0 Å². The van der Waals surface area contributed by atoms with Gasteiger partial charge in [0.05, 0.1) is 22.1 Å². The van der Waals surface area contributed by atoms with E-state index in [1.54, 1.807) is 0 Å². The summed E-state index contributed by atoms with van der Waals surface area (Å²) in [5.41, 5.74) is 11.7. The molecule has 9 rings (SSSR count). The van der Waals surface area contributed by atoms with E-state index in [1.165, 1.54) is 65.9 Å². The van der Waals surface area contributed by atoms with Crippen molar-refractivity contribution in [2.45, 2.75) is 0 Å². The third-order valence-corrected chi connectivity index (χ3v) is 8.72. The van der Waals surface area contributed by atoms with Crippen molar-refractivity contribution in [1.82, 2.24) is 19.1 Å². The Morgan fingerprint density at radius 3 is 1.23 bits per heavy atom. The van der Waals surface area contributed by atoms with Crippen LogP contribution in [0.15, 0.2) is 158 Å². The van der Waals surface area contributed by atoms with Gasteiger partial charge in [-0.3, -0.25) is 9.97 Å². The van der Waals surface area contributed by atoms with Crippen LogP contribution in [0.5, 0.6) is 0 Å². The summed E-state index contributed by atoms with van der Waals surface area (Å²) in [6, 6.07) is 48.1. The average Bonchev–Trinajstić information content (AvgIpc) is 3.61. The van der Waals surface area contributed by atoms with Crippen LogP contribution >= 0.6 is 0 Å². The molecule has 0 aliphatic heterocycles. The number of pyridine rings is 2. The lowest BCUT2D eigenvalue weighted by Crippen LogP contribution is -1.98. The van der Waals surface area contributed by atoms with E-state index in [2.05, 4.69) is 153 Å². The molecule has 0 fully saturated rings. The maximum atomic E-state index is 4.20. The Morgan fingerprint density at radius 2 is 0.750 bits per heavy atom. The fourth-order valence-electron chi connectivity index (χ4n) is 6.72. The maximum absolute atomic E-state index is 4.20. The van der Waals surface area contributed by atoms with Crippen molar-refractivity contribution in [3.8, 4) is 33.6 Å². The molecule has 4 heterocycles. The smallest absolute Gasteiger partial charge is 0.0541 e. The molecule has 0 saturated heterocycles. The van der Waals surface area contributed by atoms with Gasteiger partial charge in [0.15, 0.2) is 0 Å². The summed E-state index contributed by atoms with van der Waals surface area (Å²) in [5.74, 6) is 0. The van der Waals surface area contributed by atoms with Crippen LogP contribution < -0.4 is 0 Å². The molecule has 0 spiro atoms. The highest BCUT2D eigenvalue weighted by atomic mass is 15.0. The van der Waals surface area contributed by atoms with Gasteiger partial charge in [-0.1, -0.05) is 54.6 Å². The first-order chi connectivity index (χ1) is 21.8. The molecule has 4 aromatic heterocycles. The standard InChI is InChI=1S/C40H26N4/c1-3-10-37-33(8-1)35-24-29(27-16-20-41-21-17-27)12-14-39(35)43(37)31-6-5-7-32(26-31)44-38-11-4-2-9-34(38)36-25-30(13-15-40(36)44)28-18-22-42-23-19-28/h1-26H. The van der Waals surface area contributed by atoms with Gasteiger partial charge in [-0.05, 0) is 101 Å². The van der Waals surface area contributed by atoms with E-state index >= 15 is 0 Å². The number of benzene rings is 5. The van der Waals surface area contributed by atoms with Gasteiger partial charge in [-0.25, -0.2) is 0 Å². The normalized spacial score (nSPS) is 11.6. The van der Waals surface area contributed by atoms with Crippen molar-refractivity contribution < 1.29 is 0 Å². The van der Waals surface area contributed by atoms with Gasteiger partial charge in [0.25, 0.3) is 0 Å². The van der Waals surface area contributed by atoms with Crippen molar-refractivity contribution >= 4 is 43.6 Å². The molecule has 0 saturated carbocycles. The van der Waals surface area contributed by atoms with Crippen LogP contribution in [0, 0.1) is 0 Å². The van der Waals surface area contributed by atoms with E-state index in [9.17, 15) is 0 Å². The molecule has 9 aromatic rings. The lowest BCUT2D eigenvalue weighted by atomic mass is 10.0. The molecule has 4 nitrogen and oxygen atoms in total. The zero-order valence-electron chi connectivity index (χ0n) is 23.8. The Hall–Kier alpha value is -6.00. The topological polar surface area (TPSA) is 35.6 Å². The van der Waals surface area contributed by atoms with Gasteiger partial charge < -0.3 is 9.13 Å². The predicted octanol–water partition coefficient (Wildman–Crippen LogP) is 10.0. The van der Waals surface area contributed by atoms with Gasteiger partial charge in [0.2, 0.25) is 0 Å². The summed E-state index contributed by atoms with van der Waals surface area (Å²) in [6.07, 6.45) is 7.40. The lowest BCUT2D eigenvalue weighted by Gasteiger charge is -2.13. The second-order valence-electron chi connectivity index (χ2n) is 11.2. The third-order valence-electron chi connectivity index (χ3n) is 8.72. The van der Waals surface area contributed by atoms with Gasteiger partial charge >= 0.3 is 0 Å². The van der Waals surface area contributed by atoms with E-state index in [4.69, 9.17) is 0 Å². The minimum absolute atomic E-state index is 1.13. The van der Waals surface area contributed by atoms with Crippen LogP contribution in [0.1, 0.15) is 0 Å². The molecule has 0 atom stereocenters. The number of aromatic nitrogens is 4. The highest BCUT2D eigenvalue weighted by Crippen LogP contribution is 2.38. The summed E-state index contributed by atoms with van der Waals surface area (Å²) >= 11 is 0. The van der Waals surface area contributed by atoms with Gasteiger partial charge in [-0.15, -0.1) is 0 Å². The lowest BCUT2D eigenvalue weighted by molar-refractivity contribution is 1.13. The molecular weight excluding hydrogens is 536 g/mol. The Morgan fingerprint density at radius 1 is 0.318 bits per heavy atom. The Kier molecular flexibility index (Phi) is 5.47. The monoisotopic (exact) mass is 562 g/mol. The van der Waals surface area contributed by atoms with E-state index < -0.39 is 0 Å². The SMILES string of the molecule is c1cc(-n2c3ccccc3c3cc(-c4ccncc4)ccc32)cc(-n2c3ccccc3c3cc(-c4ccncc4)ccc32)c1. The van der Waals surface area contributed by atoms with E-state index in [0.717, 1.165) is 11.4 Å². The quantitative estimate of drug-likeness (QED) is 0.214. The number of hydrogen-bond acceptors (Lipinski definition) is 2. The van der Waals surface area contributed by atoms with Crippen LogP contribution in [0.4, 0.5) is 0 Å². The van der Waals surface area contributed by atoms with E-state index in [-0.39, 0.29) is 0 Å². The Bertz CT molecular complexity index is 2320. The molecule has 0 aliphatic rings. The zero-order valence-corrected chi connectivity index (χ0v) is 23.8. The Balaban J connectivity index is 1.25. The first-order valence-electron chi connectivity index (χ1n) is 14.8. The molecule has 5 aromatic carbocycles. The van der Waals surface area contributed by atoms with Crippen LogP contribution in [-0.2, 0) is 0 Å². The first-order valence-corrected chi connectivity index (χ1v) is 14.8. The molecule has 206 valence electrons. The van der Waals surface area contributed by atoms with Gasteiger partial charge in [0, 0.05) is 57.7 Å². The van der Waals surface area contributed by atoms with E-state index in [1.807, 2.05) is 24.8 Å². The predicted molar refractivity (Wildman–Crippen MR) is 182 cm³/mol. The summed E-state index contributed by atoms with van der Waals surface area (Å²) in [7, 11) is 0. The molecule has 0 unspecified atom stereocenters. The molecule has 0 radical (unpaired) electrons. The highest BCUT2D eigenvalue weighted by molar-refractivity contribution is 6.12. The number of para-hydroxylation sites is 2.